The first-order chi connectivity index (χ1) is 8.54. The van der Waals surface area contributed by atoms with Gasteiger partial charge >= 0.3 is 0 Å². The molecule has 4 heteroatoms. The number of aryl methyl sites for hydroxylation is 1. The summed E-state index contributed by atoms with van der Waals surface area (Å²) in [6, 6.07) is 6.52. The van der Waals surface area contributed by atoms with E-state index < -0.39 is 17.5 Å². The fraction of sp³-hybridized carbons (Fsp3) is 0.143. The highest BCUT2D eigenvalue weighted by atomic mass is 19.1. The Hall–Kier alpha value is -1.81. The summed E-state index contributed by atoms with van der Waals surface area (Å²) in [5, 5.41) is 0. The molecule has 0 aliphatic carbocycles. The molecule has 0 fully saturated rings. The van der Waals surface area contributed by atoms with Crippen LogP contribution in [0.4, 0.5) is 13.2 Å². The third-order valence-corrected chi connectivity index (χ3v) is 2.85. The summed E-state index contributed by atoms with van der Waals surface area (Å²) in [6.07, 6.45) is 0. The van der Waals surface area contributed by atoms with E-state index in [-0.39, 0.29) is 17.7 Å². The van der Waals surface area contributed by atoms with Crippen LogP contribution < -0.4 is 5.73 Å². The predicted octanol–water partition coefficient (Wildman–Crippen LogP) is 3.54. The lowest BCUT2D eigenvalue weighted by Crippen LogP contribution is -2.00. The fourth-order valence-electron chi connectivity index (χ4n) is 1.79. The van der Waals surface area contributed by atoms with Crippen molar-refractivity contribution in [1.29, 1.82) is 0 Å². The molecule has 94 valence electrons. The number of benzene rings is 2. The van der Waals surface area contributed by atoms with E-state index in [1.807, 2.05) is 0 Å². The molecule has 0 bridgehead atoms. The minimum atomic E-state index is -0.710. The van der Waals surface area contributed by atoms with Crippen molar-refractivity contribution in [2.75, 3.05) is 0 Å². The van der Waals surface area contributed by atoms with E-state index in [1.165, 1.54) is 31.2 Å². The topological polar surface area (TPSA) is 26.0 Å². The molecule has 0 aliphatic heterocycles. The Bertz CT molecular complexity index is 594. The minimum Gasteiger partial charge on any atom is -0.326 e. The van der Waals surface area contributed by atoms with Crippen LogP contribution in [0, 0.1) is 24.4 Å². The van der Waals surface area contributed by atoms with Crippen LogP contribution in [0.15, 0.2) is 30.3 Å². The minimum absolute atomic E-state index is 0.0465. The number of nitrogens with two attached hydrogens (primary N) is 1. The zero-order valence-corrected chi connectivity index (χ0v) is 9.81. The van der Waals surface area contributed by atoms with E-state index in [9.17, 15) is 13.2 Å². The Morgan fingerprint density at radius 2 is 1.72 bits per heavy atom. The SMILES string of the molecule is Cc1ccc(F)c(-c2ccc(CN)c(F)c2)c1F. The van der Waals surface area contributed by atoms with Gasteiger partial charge in [-0.15, -0.1) is 0 Å². The van der Waals surface area contributed by atoms with Crippen molar-refractivity contribution in [1.82, 2.24) is 0 Å². The van der Waals surface area contributed by atoms with Crippen molar-refractivity contribution in [2.45, 2.75) is 13.5 Å². The Balaban J connectivity index is 2.62. The fourth-order valence-corrected chi connectivity index (χ4v) is 1.79. The summed E-state index contributed by atoms with van der Waals surface area (Å²) < 4.78 is 41.1. The maximum atomic E-state index is 13.9. The van der Waals surface area contributed by atoms with Crippen LogP contribution in [-0.4, -0.2) is 0 Å². The van der Waals surface area contributed by atoms with E-state index in [2.05, 4.69) is 0 Å². The Morgan fingerprint density at radius 3 is 2.33 bits per heavy atom. The molecule has 0 saturated heterocycles. The second kappa shape index (κ2) is 4.82. The van der Waals surface area contributed by atoms with Crippen molar-refractivity contribution < 1.29 is 13.2 Å². The van der Waals surface area contributed by atoms with Gasteiger partial charge in [0, 0.05) is 12.1 Å². The molecule has 0 unspecified atom stereocenters. The van der Waals surface area contributed by atoms with Gasteiger partial charge in [-0.1, -0.05) is 18.2 Å². The number of halogens is 3. The average Bonchev–Trinajstić information content (AvgIpc) is 2.35. The van der Waals surface area contributed by atoms with Gasteiger partial charge in [-0.3, -0.25) is 0 Å². The van der Waals surface area contributed by atoms with Crippen LogP contribution in [0.25, 0.3) is 11.1 Å². The van der Waals surface area contributed by atoms with E-state index >= 15 is 0 Å². The highest BCUT2D eigenvalue weighted by molar-refractivity contribution is 5.66. The van der Waals surface area contributed by atoms with Crippen LogP contribution in [0.2, 0.25) is 0 Å². The maximum absolute atomic E-state index is 13.9. The van der Waals surface area contributed by atoms with Crippen LogP contribution in [-0.2, 0) is 6.54 Å². The van der Waals surface area contributed by atoms with Crippen molar-refractivity contribution in [3.05, 3.63) is 58.9 Å². The molecule has 2 N–H and O–H groups in total. The summed E-state index contributed by atoms with van der Waals surface area (Å²) >= 11 is 0. The smallest absolute Gasteiger partial charge is 0.136 e. The standard InChI is InChI=1S/C14H12F3N/c1-8-2-5-11(15)13(14(8)17)9-3-4-10(7-18)12(16)6-9/h2-6H,7,18H2,1H3. The molecule has 2 aromatic rings. The third-order valence-electron chi connectivity index (χ3n) is 2.85. The molecule has 0 atom stereocenters. The summed E-state index contributed by atoms with van der Waals surface area (Å²) in [5.41, 5.74) is 5.92. The molecule has 0 spiro atoms. The van der Waals surface area contributed by atoms with Crippen LogP contribution in [0.3, 0.4) is 0 Å². The molecule has 0 aromatic heterocycles. The lowest BCUT2D eigenvalue weighted by molar-refractivity contribution is 0.582. The maximum Gasteiger partial charge on any atom is 0.136 e. The average molecular weight is 251 g/mol. The molecule has 0 aliphatic rings. The monoisotopic (exact) mass is 251 g/mol. The normalized spacial score (nSPS) is 10.7. The lowest BCUT2D eigenvalue weighted by Gasteiger charge is -2.09. The first kappa shape index (κ1) is 12.6. The highest BCUT2D eigenvalue weighted by Crippen LogP contribution is 2.29. The number of hydrogen-bond acceptors (Lipinski definition) is 1. The molecule has 2 rings (SSSR count). The zero-order valence-electron chi connectivity index (χ0n) is 9.81. The van der Waals surface area contributed by atoms with E-state index in [0.717, 1.165) is 6.07 Å². The summed E-state index contributed by atoms with van der Waals surface area (Å²) in [5.74, 6) is -1.94. The van der Waals surface area contributed by atoms with Crippen molar-refractivity contribution >= 4 is 0 Å². The van der Waals surface area contributed by atoms with Gasteiger partial charge in [0.05, 0.1) is 5.56 Å². The van der Waals surface area contributed by atoms with Crippen molar-refractivity contribution in [2.24, 2.45) is 5.73 Å². The van der Waals surface area contributed by atoms with Gasteiger partial charge in [-0.2, -0.15) is 0 Å². The van der Waals surface area contributed by atoms with Gasteiger partial charge in [0.25, 0.3) is 0 Å². The number of hydrogen-bond donors (Lipinski definition) is 1. The van der Waals surface area contributed by atoms with E-state index in [1.54, 1.807) is 0 Å². The predicted molar refractivity (Wildman–Crippen MR) is 64.4 cm³/mol. The van der Waals surface area contributed by atoms with Crippen molar-refractivity contribution in [3.8, 4) is 11.1 Å². The first-order valence-corrected chi connectivity index (χ1v) is 5.48. The quantitative estimate of drug-likeness (QED) is 0.868. The Kier molecular flexibility index (Phi) is 3.39. The van der Waals surface area contributed by atoms with Crippen LogP contribution in [0.5, 0.6) is 0 Å². The van der Waals surface area contributed by atoms with Gasteiger partial charge in [0.2, 0.25) is 0 Å². The molecule has 0 saturated carbocycles. The van der Waals surface area contributed by atoms with Crippen molar-refractivity contribution in [3.63, 3.8) is 0 Å². The molecule has 0 radical (unpaired) electrons. The molecule has 0 heterocycles. The van der Waals surface area contributed by atoms with Gasteiger partial charge in [0.1, 0.15) is 17.5 Å². The Labute approximate surface area is 103 Å². The zero-order chi connectivity index (χ0) is 13.3. The molecule has 1 nitrogen and oxygen atoms in total. The van der Waals surface area contributed by atoms with E-state index in [4.69, 9.17) is 5.73 Å². The largest absolute Gasteiger partial charge is 0.326 e. The molecule has 2 aromatic carbocycles. The Morgan fingerprint density at radius 1 is 1.00 bits per heavy atom. The molecule has 18 heavy (non-hydrogen) atoms. The van der Waals surface area contributed by atoms with Gasteiger partial charge in [-0.05, 0) is 30.2 Å². The second-order valence-corrected chi connectivity index (χ2v) is 4.06. The molecular formula is C14H12F3N. The van der Waals surface area contributed by atoms with E-state index in [0.29, 0.717) is 11.1 Å². The summed E-state index contributed by atoms with van der Waals surface area (Å²) in [7, 11) is 0. The van der Waals surface area contributed by atoms with Crippen LogP contribution >= 0.6 is 0 Å². The third kappa shape index (κ3) is 2.11. The molecular weight excluding hydrogens is 239 g/mol. The number of rotatable bonds is 2. The first-order valence-electron chi connectivity index (χ1n) is 5.48. The van der Waals surface area contributed by atoms with Gasteiger partial charge in [-0.25, -0.2) is 13.2 Å². The lowest BCUT2D eigenvalue weighted by atomic mass is 10.00. The van der Waals surface area contributed by atoms with Gasteiger partial charge in [0.15, 0.2) is 0 Å². The van der Waals surface area contributed by atoms with Crippen LogP contribution in [0.1, 0.15) is 11.1 Å². The summed E-state index contributed by atoms with van der Waals surface area (Å²) in [4.78, 5) is 0. The van der Waals surface area contributed by atoms with Gasteiger partial charge < -0.3 is 5.73 Å². The second-order valence-electron chi connectivity index (χ2n) is 4.06. The molecule has 0 amide bonds. The highest BCUT2D eigenvalue weighted by Gasteiger charge is 2.14. The summed E-state index contributed by atoms with van der Waals surface area (Å²) in [6.45, 7) is 1.58.